The Morgan fingerprint density at radius 3 is 2.38 bits per heavy atom. The van der Waals surface area contributed by atoms with Crippen molar-refractivity contribution in [2.24, 2.45) is 5.92 Å². The molecule has 1 aromatic rings. The number of benzene rings is 1. The molecule has 4 nitrogen and oxygen atoms in total. The SMILES string of the molecule is Cc1cc(C)cc(CN2CCC(=O)NC(C(C)C)C2=O)c1. The van der Waals surface area contributed by atoms with Crippen LogP contribution >= 0.6 is 0 Å². The van der Waals surface area contributed by atoms with Crippen LogP contribution in [0, 0.1) is 19.8 Å². The first-order valence-corrected chi connectivity index (χ1v) is 7.52. The summed E-state index contributed by atoms with van der Waals surface area (Å²) < 4.78 is 0. The highest BCUT2D eigenvalue weighted by atomic mass is 16.2. The minimum absolute atomic E-state index is 0.0232. The van der Waals surface area contributed by atoms with Crippen LogP contribution in [0.15, 0.2) is 18.2 Å². The Morgan fingerprint density at radius 2 is 1.81 bits per heavy atom. The molecule has 0 aliphatic carbocycles. The molecule has 0 spiro atoms. The first kappa shape index (κ1) is 15.5. The van der Waals surface area contributed by atoms with Crippen molar-refractivity contribution in [3.05, 3.63) is 34.9 Å². The second kappa shape index (κ2) is 6.29. The Hall–Kier alpha value is -1.84. The van der Waals surface area contributed by atoms with E-state index in [0.717, 1.165) is 5.56 Å². The van der Waals surface area contributed by atoms with Gasteiger partial charge in [-0.3, -0.25) is 9.59 Å². The van der Waals surface area contributed by atoms with Gasteiger partial charge in [0.05, 0.1) is 0 Å². The molecule has 4 heteroatoms. The van der Waals surface area contributed by atoms with Gasteiger partial charge >= 0.3 is 0 Å². The van der Waals surface area contributed by atoms with E-state index in [1.54, 1.807) is 4.90 Å². The molecule has 0 radical (unpaired) electrons. The van der Waals surface area contributed by atoms with Crippen molar-refractivity contribution in [1.29, 1.82) is 0 Å². The lowest BCUT2D eigenvalue weighted by atomic mass is 10.0. The number of nitrogens with zero attached hydrogens (tertiary/aromatic N) is 1. The average Bonchev–Trinajstić information content (AvgIpc) is 2.50. The van der Waals surface area contributed by atoms with Gasteiger partial charge in [0.1, 0.15) is 6.04 Å². The minimum Gasteiger partial charge on any atom is -0.344 e. The van der Waals surface area contributed by atoms with Gasteiger partial charge in [0, 0.05) is 19.5 Å². The molecule has 1 aliphatic heterocycles. The normalized spacial score (nSPS) is 19.7. The molecule has 21 heavy (non-hydrogen) atoms. The predicted octanol–water partition coefficient (Wildman–Crippen LogP) is 2.18. The highest BCUT2D eigenvalue weighted by Crippen LogP contribution is 2.16. The van der Waals surface area contributed by atoms with Crippen molar-refractivity contribution in [1.82, 2.24) is 10.2 Å². The van der Waals surface area contributed by atoms with Crippen LogP contribution in [0.4, 0.5) is 0 Å². The molecule has 0 aromatic heterocycles. The molecule has 2 amide bonds. The third-order valence-corrected chi connectivity index (χ3v) is 3.82. The van der Waals surface area contributed by atoms with E-state index >= 15 is 0 Å². The summed E-state index contributed by atoms with van der Waals surface area (Å²) in [4.78, 5) is 26.2. The monoisotopic (exact) mass is 288 g/mol. The summed E-state index contributed by atoms with van der Waals surface area (Å²) in [5, 5.41) is 2.84. The summed E-state index contributed by atoms with van der Waals surface area (Å²) in [6, 6.07) is 5.91. The molecule has 2 rings (SSSR count). The molecule has 0 saturated carbocycles. The third-order valence-electron chi connectivity index (χ3n) is 3.82. The molecular formula is C17H24N2O2. The second-order valence-corrected chi connectivity index (χ2v) is 6.29. The molecule has 114 valence electrons. The van der Waals surface area contributed by atoms with Gasteiger partial charge in [-0.2, -0.15) is 0 Å². The smallest absolute Gasteiger partial charge is 0.245 e. The predicted molar refractivity (Wildman–Crippen MR) is 82.7 cm³/mol. The van der Waals surface area contributed by atoms with E-state index in [0.29, 0.717) is 19.5 Å². The summed E-state index contributed by atoms with van der Waals surface area (Å²) in [7, 11) is 0. The zero-order valence-electron chi connectivity index (χ0n) is 13.3. The lowest BCUT2D eigenvalue weighted by molar-refractivity contribution is -0.135. The minimum atomic E-state index is -0.411. The summed E-state index contributed by atoms with van der Waals surface area (Å²) >= 11 is 0. The van der Waals surface area contributed by atoms with Gasteiger partial charge in [-0.25, -0.2) is 0 Å². The maximum absolute atomic E-state index is 12.6. The summed E-state index contributed by atoms with van der Waals surface area (Å²) in [5.74, 6) is 0.0845. The number of hydrogen-bond donors (Lipinski definition) is 1. The number of nitrogens with one attached hydrogen (secondary N) is 1. The molecular weight excluding hydrogens is 264 g/mol. The summed E-state index contributed by atoms with van der Waals surface area (Å²) in [6.45, 7) is 9.10. The Morgan fingerprint density at radius 1 is 1.19 bits per heavy atom. The van der Waals surface area contributed by atoms with Gasteiger partial charge in [0.2, 0.25) is 11.8 Å². The molecule has 1 N–H and O–H groups in total. The van der Waals surface area contributed by atoms with Crippen molar-refractivity contribution in [2.75, 3.05) is 6.54 Å². The number of rotatable bonds is 3. The quantitative estimate of drug-likeness (QED) is 0.926. The van der Waals surface area contributed by atoms with E-state index in [9.17, 15) is 9.59 Å². The van der Waals surface area contributed by atoms with E-state index in [2.05, 4.69) is 37.4 Å². The van der Waals surface area contributed by atoms with Crippen LogP contribution in [0.1, 0.15) is 37.0 Å². The summed E-state index contributed by atoms with van der Waals surface area (Å²) in [6.07, 6.45) is 0.375. The number of carbonyl (C=O) groups excluding carboxylic acids is 2. The molecule has 1 saturated heterocycles. The third kappa shape index (κ3) is 3.84. The molecule has 1 aliphatic rings. The number of carbonyl (C=O) groups is 2. The van der Waals surface area contributed by atoms with Gasteiger partial charge in [-0.15, -0.1) is 0 Å². The van der Waals surface area contributed by atoms with Gasteiger partial charge in [-0.1, -0.05) is 43.2 Å². The Bertz CT molecular complexity index is 531. The lowest BCUT2D eigenvalue weighted by Crippen LogP contribution is -2.47. The van der Waals surface area contributed by atoms with Crippen molar-refractivity contribution < 1.29 is 9.59 Å². The topological polar surface area (TPSA) is 49.4 Å². The fourth-order valence-corrected chi connectivity index (χ4v) is 2.84. The van der Waals surface area contributed by atoms with Crippen molar-refractivity contribution >= 4 is 11.8 Å². The second-order valence-electron chi connectivity index (χ2n) is 6.29. The van der Waals surface area contributed by atoms with Crippen LogP contribution in [0.25, 0.3) is 0 Å². The zero-order valence-corrected chi connectivity index (χ0v) is 13.3. The average molecular weight is 288 g/mol. The van der Waals surface area contributed by atoms with Crippen LogP contribution in [-0.4, -0.2) is 29.3 Å². The Labute approximate surface area is 126 Å². The van der Waals surface area contributed by atoms with E-state index in [-0.39, 0.29) is 17.7 Å². The first-order valence-electron chi connectivity index (χ1n) is 7.52. The number of hydrogen-bond acceptors (Lipinski definition) is 2. The largest absolute Gasteiger partial charge is 0.344 e. The number of aryl methyl sites for hydroxylation is 2. The van der Waals surface area contributed by atoms with Gasteiger partial charge in [-0.05, 0) is 25.3 Å². The lowest BCUT2D eigenvalue weighted by Gasteiger charge is -2.26. The Balaban J connectivity index is 2.20. The molecule has 1 fully saturated rings. The van der Waals surface area contributed by atoms with E-state index in [1.165, 1.54) is 11.1 Å². The van der Waals surface area contributed by atoms with Crippen LogP contribution in [0.5, 0.6) is 0 Å². The number of amides is 2. The maximum Gasteiger partial charge on any atom is 0.245 e. The molecule has 1 atom stereocenters. The van der Waals surface area contributed by atoms with Crippen LogP contribution < -0.4 is 5.32 Å². The molecule has 0 bridgehead atoms. The fourth-order valence-electron chi connectivity index (χ4n) is 2.84. The van der Waals surface area contributed by atoms with Crippen molar-refractivity contribution in [3.8, 4) is 0 Å². The van der Waals surface area contributed by atoms with Gasteiger partial charge in [0.15, 0.2) is 0 Å². The standard InChI is InChI=1S/C17H24N2O2/c1-11(2)16-17(21)19(6-5-15(20)18-16)10-14-8-12(3)7-13(4)9-14/h7-9,11,16H,5-6,10H2,1-4H3,(H,18,20). The van der Waals surface area contributed by atoms with Crippen molar-refractivity contribution in [2.45, 2.75) is 46.7 Å². The van der Waals surface area contributed by atoms with E-state index < -0.39 is 6.04 Å². The highest BCUT2D eigenvalue weighted by molar-refractivity contribution is 5.90. The fraction of sp³-hybridized carbons (Fsp3) is 0.529. The molecule has 1 unspecified atom stereocenters. The Kier molecular flexibility index (Phi) is 4.66. The zero-order chi connectivity index (χ0) is 15.6. The molecule has 1 aromatic carbocycles. The highest BCUT2D eigenvalue weighted by Gasteiger charge is 2.31. The van der Waals surface area contributed by atoms with Crippen molar-refractivity contribution in [3.63, 3.8) is 0 Å². The van der Waals surface area contributed by atoms with Gasteiger partial charge < -0.3 is 10.2 Å². The molecule has 1 heterocycles. The summed E-state index contributed by atoms with van der Waals surface area (Å²) in [5.41, 5.74) is 3.52. The van der Waals surface area contributed by atoms with Crippen LogP contribution in [-0.2, 0) is 16.1 Å². The van der Waals surface area contributed by atoms with Gasteiger partial charge in [0.25, 0.3) is 0 Å². The van der Waals surface area contributed by atoms with Crippen LogP contribution in [0.3, 0.4) is 0 Å². The first-order chi connectivity index (χ1) is 9.86. The maximum atomic E-state index is 12.6. The van der Waals surface area contributed by atoms with Crippen LogP contribution in [0.2, 0.25) is 0 Å². The van der Waals surface area contributed by atoms with E-state index in [1.807, 2.05) is 13.8 Å². The van der Waals surface area contributed by atoms with E-state index in [4.69, 9.17) is 0 Å².